The van der Waals surface area contributed by atoms with Crippen LogP contribution in [0.25, 0.3) is 0 Å². The molecule has 1 aliphatic rings. The van der Waals surface area contributed by atoms with E-state index in [-0.39, 0.29) is 24.7 Å². The summed E-state index contributed by atoms with van der Waals surface area (Å²) in [6, 6.07) is 4.25. The van der Waals surface area contributed by atoms with Crippen molar-refractivity contribution in [2.45, 2.75) is 19.4 Å². The van der Waals surface area contributed by atoms with Gasteiger partial charge in [-0.25, -0.2) is 4.39 Å². The maximum atomic E-state index is 13.0. The van der Waals surface area contributed by atoms with Gasteiger partial charge < -0.3 is 10.0 Å². The number of rotatable bonds is 3. The van der Waals surface area contributed by atoms with Crippen LogP contribution in [0.3, 0.4) is 0 Å². The molecule has 0 aliphatic carbocycles. The highest BCUT2D eigenvalue weighted by molar-refractivity contribution is 9.10. The fraction of sp³-hybridized carbons (Fsp3) is 0.385. The molecule has 1 aliphatic heterocycles. The van der Waals surface area contributed by atoms with Crippen molar-refractivity contribution in [1.82, 2.24) is 4.90 Å². The lowest BCUT2D eigenvalue weighted by molar-refractivity contribution is -0.147. The number of piperidine rings is 1. The average molecular weight is 330 g/mol. The van der Waals surface area contributed by atoms with E-state index < -0.39 is 11.9 Å². The molecule has 19 heavy (non-hydrogen) atoms. The smallest absolute Gasteiger partial charge is 0.308 e. The predicted octanol–water partition coefficient (Wildman–Crippen LogP) is 2.41. The third-order valence-corrected chi connectivity index (χ3v) is 3.96. The zero-order valence-electron chi connectivity index (χ0n) is 10.1. The van der Waals surface area contributed by atoms with Gasteiger partial charge in [0.15, 0.2) is 0 Å². The van der Waals surface area contributed by atoms with Gasteiger partial charge in [0, 0.05) is 24.0 Å². The minimum atomic E-state index is -0.879. The van der Waals surface area contributed by atoms with Gasteiger partial charge in [-0.1, -0.05) is 22.0 Å². The van der Waals surface area contributed by atoms with Crippen molar-refractivity contribution in [3.63, 3.8) is 0 Å². The van der Waals surface area contributed by atoms with Gasteiger partial charge in [-0.3, -0.25) is 9.59 Å². The van der Waals surface area contributed by atoms with Crippen molar-refractivity contribution in [3.05, 3.63) is 34.1 Å². The molecule has 4 nitrogen and oxygen atoms in total. The Labute approximate surface area is 118 Å². The summed E-state index contributed by atoms with van der Waals surface area (Å²) in [7, 11) is 0. The van der Waals surface area contributed by atoms with Crippen molar-refractivity contribution in [2.75, 3.05) is 6.54 Å². The number of hydrogen-bond donors (Lipinski definition) is 1. The molecule has 102 valence electrons. The third kappa shape index (κ3) is 3.32. The first kappa shape index (κ1) is 14.0. The molecule has 1 amide bonds. The monoisotopic (exact) mass is 329 g/mol. The highest BCUT2D eigenvalue weighted by atomic mass is 79.9. The first-order valence-corrected chi connectivity index (χ1v) is 6.71. The minimum absolute atomic E-state index is 0.0614. The Morgan fingerprint density at radius 2 is 2.26 bits per heavy atom. The molecule has 1 saturated heterocycles. The van der Waals surface area contributed by atoms with Crippen molar-refractivity contribution in [2.24, 2.45) is 5.92 Å². The van der Waals surface area contributed by atoms with Crippen LogP contribution in [-0.4, -0.2) is 28.4 Å². The number of carbonyl (C=O) groups is 2. The van der Waals surface area contributed by atoms with Crippen LogP contribution in [0.2, 0.25) is 0 Å². The van der Waals surface area contributed by atoms with Crippen LogP contribution in [-0.2, 0) is 16.1 Å². The standard InChI is InChI=1S/C13H13BrFNO3/c14-11-5-10(15)3-1-8(11)6-16-7-9(13(18)19)2-4-12(16)17/h1,3,5,9H,2,4,6-7H2,(H,18,19). The van der Waals surface area contributed by atoms with Crippen LogP contribution in [0, 0.1) is 11.7 Å². The molecule has 1 aromatic rings. The van der Waals surface area contributed by atoms with Crippen molar-refractivity contribution < 1.29 is 19.1 Å². The summed E-state index contributed by atoms with van der Waals surface area (Å²) in [5.74, 6) is -1.81. The zero-order chi connectivity index (χ0) is 14.0. The van der Waals surface area contributed by atoms with Crippen LogP contribution in [0.4, 0.5) is 4.39 Å². The summed E-state index contributed by atoms with van der Waals surface area (Å²) in [5.41, 5.74) is 0.765. The summed E-state index contributed by atoms with van der Waals surface area (Å²) in [6.07, 6.45) is 0.630. The normalized spacial score (nSPS) is 19.6. The van der Waals surface area contributed by atoms with Gasteiger partial charge in [-0.2, -0.15) is 0 Å². The predicted molar refractivity (Wildman–Crippen MR) is 69.9 cm³/mol. The Morgan fingerprint density at radius 1 is 1.53 bits per heavy atom. The Morgan fingerprint density at radius 3 is 2.89 bits per heavy atom. The Hall–Kier alpha value is -1.43. The van der Waals surface area contributed by atoms with E-state index in [0.29, 0.717) is 17.4 Å². The van der Waals surface area contributed by atoms with Gasteiger partial charge in [-0.05, 0) is 24.1 Å². The average Bonchev–Trinajstić information content (AvgIpc) is 2.34. The summed E-state index contributed by atoms with van der Waals surface area (Å²) >= 11 is 3.24. The van der Waals surface area contributed by atoms with E-state index in [1.54, 1.807) is 6.07 Å². The number of amides is 1. The van der Waals surface area contributed by atoms with Crippen LogP contribution in [0.15, 0.2) is 22.7 Å². The van der Waals surface area contributed by atoms with Gasteiger partial charge >= 0.3 is 5.97 Å². The second-order valence-electron chi connectivity index (χ2n) is 4.58. The number of carbonyl (C=O) groups excluding carboxylic acids is 1. The van der Waals surface area contributed by atoms with Gasteiger partial charge in [0.05, 0.1) is 5.92 Å². The highest BCUT2D eigenvalue weighted by Crippen LogP contribution is 2.24. The fourth-order valence-corrected chi connectivity index (χ4v) is 2.60. The molecule has 0 saturated carbocycles. The van der Waals surface area contributed by atoms with Crippen LogP contribution >= 0.6 is 15.9 Å². The lowest BCUT2D eigenvalue weighted by atomic mass is 9.97. The van der Waals surface area contributed by atoms with E-state index in [9.17, 15) is 14.0 Å². The third-order valence-electron chi connectivity index (χ3n) is 3.23. The molecular weight excluding hydrogens is 317 g/mol. The molecule has 0 aromatic heterocycles. The van der Waals surface area contributed by atoms with Crippen LogP contribution < -0.4 is 0 Å². The molecule has 1 fully saturated rings. The molecule has 1 atom stereocenters. The second-order valence-corrected chi connectivity index (χ2v) is 5.44. The summed E-state index contributed by atoms with van der Waals surface area (Å²) in [6.45, 7) is 0.501. The Kier molecular flexibility index (Phi) is 4.19. The molecule has 1 aromatic carbocycles. The van der Waals surface area contributed by atoms with E-state index >= 15 is 0 Å². The molecule has 1 unspecified atom stereocenters. The van der Waals surface area contributed by atoms with Crippen LogP contribution in [0.5, 0.6) is 0 Å². The van der Waals surface area contributed by atoms with E-state index in [1.807, 2.05) is 0 Å². The van der Waals surface area contributed by atoms with Gasteiger partial charge in [0.2, 0.25) is 5.91 Å². The number of hydrogen-bond acceptors (Lipinski definition) is 2. The van der Waals surface area contributed by atoms with Crippen molar-refractivity contribution in [1.29, 1.82) is 0 Å². The Bertz CT molecular complexity index is 521. The second kappa shape index (κ2) is 5.69. The molecule has 2 rings (SSSR count). The fourth-order valence-electron chi connectivity index (χ4n) is 2.12. The van der Waals surface area contributed by atoms with E-state index in [0.717, 1.165) is 5.56 Å². The molecule has 0 spiro atoms. The lowest BCUT2D eigenvalue weighted by Crippen LogP contribution is -2.42. The summed E-state index contributed by atoms with van der Waals surface area (Å²) in [4.78, 5) is 24.3. The number of likely N-dealkylation sites (tertiary alicyclic amines) is 1. The SMILES string of the molecule is O=C(O)C1CCC(=O)N(Cc2ccc(F)cc2Br)C1. The minimum Gasteiger partial charge on any atom is -0.481 e. The van der Waals surface area contributed by atoms with Gasteiger partial charge in [0.25, 0.3) is 0 Å². The summed E-state index contributed by atoms with van der Waals surface area (Å²) in [5, 5.41) is 9.00. The quantitative estimate of drug-likeness (QED) is 0.926. The van der Waals surface area contributed by atoms with Gasteiger partial charge in [-0.15, -0.1) is 0 Å². The van der Waals surface area contributed by atoms with E-state index in [4.69, 9.17) is 5.11 Å². The van der Waals surface area contributed by atoms with Gasteiger partial charge in [0.1, 0.15) is 5.82 Å². The topological polar surface area (TPSA) is 57.6 Å². The van der Waals surface area contributed by atoms with Crippen molar-refractivity contribution >= 4 is 27.8 Å². The molecule has 0 radical (unpaired) electrons. The maximum absolute atomic E-state index is 13.0. The largest absolute Gasteiger partial charge is 0.481 e. The lowest BCUT2D eigenvalue weighted by Gasteiger charge is -2.31. The Balaban J connectivity index is 2.12. The summed E-state index contributed by atoms with van der Waals surface area (Å²) < 4.78 is 13.6. The number of aliphatic carboxylic acids is 1. The zero-order valence-corrected chi connectivity index (χ0v) is 11.7. The van der Waals surface area contributed by atoms with Crippen LogP contribution in [0.1, 0.15) is 18.4 Å². The maximum Gasteiger partial charge on any atom is 0.308 e. The molecule has 0 bridgehead atoms. The van der Waals surface area contributed by atoms with E-state index in [1.165, 1.54) is 17.0 Å². The number of nitrogens with zero attached hydrogens (tertiary/aromatic N) is 1. The molecular formula is C13H13BrFNO3. The first-order valence-electron chi connectivity index (χ1n) is 5.92. The van der Waals surface area contributed by atoms with E-state index in [2.05, 4.69) is 15.9 Å². The molecule has 1 heterocycles. The number of benzene rings is 1. The highest BCUT2D eigenvalue weighted by Gasteiger charge is 2.30. The molecule has 6 heteroatoms. The number of carboxylic acids is 1. The number of halogens is 2. The van der Waals surface area contributed by atoms with Crippen molar-refractivity contribution in [3.8, 4) is 0 Å². The molecule has 1 N–H and O–H groups in total. The first-order chi connectivity index (χ1) is 8.97. The number of carboxylic acid groups (broad SMARTS) is 1.